The SMILES string of the molecule is O=C(CNC(=O)c1ccccc1)CC1CCCN(c2ncnc3[nH]ccc23)C1. The summed E-state index contributed by atoms with van der Waals surface area (Å²) in [5.74, 6) is 1.03. The topological polar surface area (TPSA) is 91.0 Å². The molecule has 0 saturated carbocycles. The summed E-state index contributed by atoms with van der Waals surface area (Å²) in [6.45, 7) is 1.78. The predicted octanol–water partition coefficient (Wildman–Crippen LogP) is 2.56. The van der Waals surface area contributed by atoms with Crippen molar-refractivity contribution < 1.29 is 9.59 Å². The van der Waals surface area contributed by atoms with Gasteiger partial charge < -0.3 is 15.2 Å². The number of amides is 1. The lowest BCUT2D eigenvalue weighted by Crippen LogP contribution is -2.38. The molecule has 7 nitrogen and oxygen atoms in total. The number of anilines is 1. The molecule has 3 aromatic rings. The Morgan fingerprint density at radius 3 is 2.89 bits per heavy atom. The maximum Gasteiger partial charge on any atom is 0.251 e. The molecule has 0 spiro atoms. The number of nitrogens with zero attached hydrogens (tertiary/aromatic N) is 3. The molecule has 2 N–H and O–H groups in total. The zero-order chi connectivity index (χ0) is 19.3. The monoisotopic (exact) mass is 377 g/mol. The molecule has 7 heteroatoms. The van der Waals surface area contributed by atoms with E-state index in [1.54, 1.807) is 18.5 Å². The zero-order valence-electron chi connectivity index (χ0n) is 15.6. The highest BCUT2D eigenvalue weighted by atomic mass is 16.2. The predicted molar refractivity (Wildman–Crippen MR) is 107 cm³/mol. The lowest BCUT2D eigenvalue weighted by molar-refractivity contribution is -0.119. The van der Waals surface area contributed by atoms with Crippen molar-refractivity contribution in [2.45, 2.75) is 19.3 Å². The fourth-order valence-corrected chi connectivity index (χ4v) is 3.80. The summed E-state index contributed by atoms with van der Waals surface area (Å²) in [5.41, 5.74) is 1.39. The quantitative estimate of drug-likeness (QED) is 0.689. The first-order valence-electron chi connectivity index (χ1n) is 9.58. The average Bonchev–Trinajstić information content (AvgIpc) is 3.22. The Labute approximate surface area is 163 Å². The highest BCUT2D eigenvalue weighted by Crippen LogP contribution is 2.28. The zero-order valence-corrected chi connectivity index (χ0v) is 15.6. The maximum absolute atomic E-state index is 12.4. The minimum atomic E-state index is -0.213. The van der Waals surface area contributed by atoms with Crippen molar-refractivity contribution in [2.75, 3.05) is 24.5 Å². The van der Waals surface area contributed by atoms with Crippen molar-refractivity contribution in [3.63, 3.8) is 0 Å². The van der Waals surface area contributed by atoms with E-state index < -0.39 is 0 Å². The Hall–Kier alpha value is -3.22. The number of rotatable bonds is 6. The second-order valence-electron chi connectivity index (χ2n) is 7.18. The van der Waals surface area contributed by atoms with E-state index >= 15 is 0 Å². The van der Waals surface area contributed by atoms with Crippen LogP contribution in [-0.2, 0) is 4.79 Å². The van der Waals surface area contributed by atoms with Crippen LogP contribution in [0.4, 0.5) is 5.82 Å². The minimum absolute atomic E-state index is 0.0608. The first kappa shape index (κ1) is 18.2. The maximum atomic E-state index is 12.4. The number of hydrogen-bond donors (Lipinski definition) is 2. The van der Waals surface area contributed by atoms with Crippen molar-refractivity contribution in [1.29, 1.82) is 0 Å². The van der Waals surface area contributed by atoms with Crippen molar-refractivity contribution in [3.8, 4) is 0 Å². The third-order valence-corrected chi connectivity index (χ3v) is 5.15. The molecule has 0 radical (unpaired) electrons. The smallest absolute Gasteiger partial charge is 0.251 e. The van der Waals surface area contributed by atoms with Crippen LogP contribution < -0.4 is 10.2 Å². The number of nitrogens with one attached hydrogen (secondary N) is 2. The number of aromatic nitrogens is 3. The molecule has 2 aromatic heterocycles. The van der Waals surface area contributed by atoms with Gasteiger partial charge in [-0.05, 0) is 37.0 Å². The molecule has 1 unspecified atom stereocenters. The number of carbonyl (C=O) groups excluding carboxylic acids is 2. The molecule has 1 aliphatic heterocycles. The van der Waals surface area contributed by atoms with Crippen LogP contribution in [0.2, 0.25) is 0 Å². The third kappa shape index (κ3) is 4.03. The van der Waals surface area contributed by atoms with Crippen LogP contribution in [-0.4, -0.2) is 46.3 Å². The molecule has 1 aliphatic rings. The summed E-state index contributed by atoms with van der Waals surface area (Å²) in [6.07, 6.45) is 5.93. The summed E-state index contributed by atoms with van der Waals surface area (Å²) in [6, 6.07) is 10.9. The van der Waals surface area contributed by atoms with E-state index in [9.17, 15) is 9.59 Å². The van der Waals surface area contributed by atoms with E-state index in [1.807, 2.05) is 30.5 Å². The molecule has 0 bridgehead atoms. The van der Waals surface area contributed by atoms with Crippen LogP contribution in [0.25, 0.3) is 11.0 Å². The van der Waals surface area contributed by atoms with Gasteiger partial charge in [0.05, 0.1) is 11.9 Å². The largest absolute Gasteiger partial charge is 0.356 e. The highest BCUT2D eigenvalue weighted by Gasteiger charge is 2.24. The molecular formula is C21H23N5O2. The van der Waals surface area contributed by atoms with Crippen LogP contribution in [0.15, 0.2) is 48.9 Å². The number of ketones is 1. The standard InChI is InChI=1S/C21H23N5O2/c27-17(12-23-21(28)16-6-2-1-3-7-16)11-15-5-4-10-26(13-15)20-18-8-9-22-19(18)24-14-25-20/h1-3,6-9,14-15H,4-5,10-13H2,(H,23,28)(H,22,24,25). The van der Waals surface area contributed by atoms with E-state index in [-0.39, 0.29) is 24.2 Å². The van der Waals surface area contributed by atoms with E-state index in [4.69, 9.17) is 0 Å². The van der Waals surface area contributed by atoms with Gasteiger partial charge in [0, 0.05) is 31.3 Å². The molecule has 28 heavy (non-hydrogen) atoms. The molecule has 1 saturated heterocycles. The van der Waals surface area contributed by atoms with Crippen molar-refractivity contribution in [1.82, 2.24) is 20.3 Å². The van der Waals surface area contributed by atoms with Gasteiger partial charge in [0.15, 0.2) is 5.78 Å². The van der Waals surface area contributed by atoms with Crippen LogP contribution in [0, 0.1) is 5.92 Å². The van der Waals surface area contributed by atoms with Gasteiger partial charge in [0.25, 0.3) is 5.91 Å². The summed E-state index contributed by atoms with van der Waals surface area (Å²) < 4.78 is 0. The second kappa shape index (κ2) is 8.21. The van der Waals surface area contributed by atoms with E-state index in [1.165, 1.54) is 0 Å². The van der Waals surface area contributed by atoms with Gasteiger partial charge in [-0.25, -0.2) is 9.97 Å². The van der Waals surface area contributed by atoms with E-state index in [0.29, 0.717) is 12.0 Å². The number of carbonyl (C=O) groups is 2. The van der Waals surface area contributed by atoms with Gasteiger partial charge in [-0.1, -0.05) is 18.2 Å². The Morgan fingerprint density at radius 1 is 1.18 bits per heavy atom. The Balaban J connectivity index is 1.33. The van der Waals surface area contributed by atoms with E-state index in [0.717, 1.165) is 42.8 Å². The number of aromatic amines is 1. The molecule has 1 aromatic carbocycles. The number of hydrogen-bond acceptors (Lipinski definition) is 5. The Kier molecular flexibility index (Phi) is 5.32. The molecule has 3 heterocycles. The fraction of sp³-hybridized carbons (Fsp3) is 0.333. The molecule has 144 valence electrons. The van der Waals surface area contributed by atoms with Gasteiger partial charge in [0.2, 0.25) is 0 Å². The van der Waals surface area contributed by atoms with Gasteiger partial charge >= 0.3 is 0 Å². The van der Waals surface area contributed by atoms with Gasteiger partial charge in [0.1, 0.15) is 17.8 Å². The first-order chi connectivity index (χ1) is 13.7. The summed E-state index contributed by atoms with van der Waals surface area (Å²) in [5, 5.41) is 3.73. The van der Waals surface area contributed by atoms with Crippen molar-refractivity contribution >= 4 is 28.5 Å². The summed E-state index contributed by atoms with van der Waals surface area (Å²) in [4.78, 5) is 38.5. The molecule has 0 aliphatic carbocycles. The lowest BCUT2D eigenvalue weighted by Gasteiger charge is -2.33. The Bertz CT molecular complexity index is 969. The number of fused-ring (bicyclic) bond motifs is 1. The van der Waals surface area contributed by atoms with Gasteiger partial charge in [-0.15, -0.1) is 0 Å². The summed E-state index contributed by atoms with van der Waals surface area (Å²) in [7, 11) is 0. The van der Waals surface area contributed by atoms with Gasteiger partial charge in [-0.3, -0.25) is 9.59 Å². The number of Topliss-reactive ketones (excluding diaryl/α,β-unsaturated/α-hetero) is 1. The molecule has 4 rings (SSSR count). The third-order valence-electron chi connectivity index (χ3n) is 5.15. The van der Waals surface area contributed by atoms with E-state index in [2.05, 4.69) is 25.2 Å². The molecule has 1 atom stereocenters. The molecule has 1 amide bonds. The van der Waals surface area contributed by atoms with Crippen LogP contribution >= 0.6 is 0 Å². The Morgan fingerprint density at radius 2 is 2.04 bits per heavy atom. The average molecular weight is 377 g/mol. The number of H-pyrrole nitrogens is 1. The van der Waals surface area contributed by atoms with Crippen molar-refractivity contribution in [2.24, 2.45) is 5.92 Å². The lowest BCUT2D eigenvalue weighted by atomic mass is 9.92. The van der Waals surface area contributed by atoms with Crippen LogP contribution in [0.1, 0.15) is 29.6 Å². The van der Waals surface area contributed by atoms with Gasteiger partial charge in [-0.2, -0.15) is 0 Å². The number of piperidine rings is 1. The fourth-order valence-electron chi connectivity index (χ4n) is 3.80. The summed E-state index contributed by atoms with van der Waals surface area (Å²) >= 11 is 0. The van der Waals surface area contributed by atoms with Crippen LogP contribution in [0.3, 0.4) is 0 Å². The highest BCUT2D eigenvalue weighted by molar-refractivity contribution is 5.96. The molecule has 1 fully saturated rings. The first-order valence-corrected chi connectivity index (χ1v) is 9.58. The molecular weight excluding hydrogens is 354 g/mol. The van der Waals surface area contributed by atoms with Crippen LogP contribution in [0.5, 0.6) is 0 Å². The normalized spacial score (nSPS) is 16.9. The minimum Gasteiger partial charge on any atom is -0.356 e. The second-order valence-corrected chi connectivity index (χ2v) is 7.18. The van der Waals surface area contributed by atoms with Crippen molar-refractivity contribution in [3.05, 3.63) is 54.5 Å². The number of benzene rings is 1.